The number of anilines is 2. The summed E-state index contributed by atoms with van der Waals surface area (Å²) in [6.07, 6.45) is 3.08. The number of aromatic nitrogens is 2. The Morgan fingerprint density at radius 2 is 1.71 bits per heavy atom. The number of benzene rings is 2. The lowest BCUT2D eigenvalue weighted by atomic mass is 9.97. The van der Waals surface area contributed by atoms with Gasteiger partial charge in [0.05, 0.1) is 12.2 Å². The van der Waals surface area contributed by atoms with Crippen molar-refractivity contribution in [3.63, 3.8) is 0 Å². The molecule has 6 heteroatoms. The Morgan fingerprint density at radius 1 is 1.00 bits per heavy atom. The molecule has 5 rings (SSSR count). The summed E-state index contributed by atoms with van der Waals surface area (Å²) in [4.78, 5) is 30.1. The first-order valence-corrected chi connectivity index (χ1v) is 12.7. The van der Waals surface area contributed by atoms with Gasteiger partial charge in [0.1, 0.15) is 5.82 Å². The molecule has 0 radical (unpaired) electrons. The SMILES string of the molecule is Cc1ccccc1C(=O)N1CCc2nc(N(C)Cc3ccccc3)nc(N3CCC(C)CC3)c2C1. The van der Waals surface area contributed by atoms with Gasteiger partial charge < -0.3 is 14.7 Å². The van der Waals surface area contributed by atoms with E-state index in [1.165, 1.54) is 18.4 Å². The first-order valence-electron chi connectivity index (χ1n) is 12.7. The Hall–Kier alpha value is -3.41. The fourth-order valence-corrected chi connectivity index (χ4v) is 5.12. The number of amides is 1. The van der Waals surface area contributed by atoms with Crippen molar-refractivity contribution in [2.45, 2.75) is 46.2 Å². The molecule has 1 fully saturated rings. The maximum absolute atomic E-state index is 13.4. The first-order chi connectivity index (χ1) is 17.0. The minimum Gasteiger partial charge on any atom is -0.356 e. The van der Waals surface area contributed by atoms with E-state index in [1.54, 1.807) is 0 Å². The molecule has 2 aliphatic heterocycles. The van der Waals surface area contributed by atoms with Crippen molar-refractivity contribution in [2.75, 3.05) is 36.5 Å². The maximum Gasteiger partial charge on any atom is 0.254 e. The van der Waals surface area contributed by atoms with Crippen LogP contribution < -0.4 is 9.80 Å². The Bertz CT molecular complexity index is 1190. The fraction of sp³-hybridized carbons (Fsp3) is 0.414. The standard InChI is InChI=1S/C29H35N5O/c1-21-13-16-33(17-14-21)27-25-20-34(28(35)24-12-8-7-9-22(24)2)18-15-26(25)30-29(31-27)32(3)19-23-10-5-4-6-11-23/h4-12,21H,13-20H2,1-3H3. The van der Waals surface area contributed by atoms with E-state index in [9.17, 15) is 4.79 Å². The predicted molar refractivity (Wildman–Crippen MR) is 141 cm³/mol. The molecular formula is C29H35N5O. The van der Waals surface area contributed by atoms with E-state index < -0.39 is 0 Å². The van der Waals surface area contributed by atoms with Crippen molar-refractivity contribution in [1.82, 2.24) is 14.9 Å². The van der Waals surface area contributed by atoms with Crippen molar-refractivity contribution < 1.29 is 4.79 Å². The molecule has 1 saturated heterocycles. The van der Waals surface area contributed by atoms with E-state index >= 15 is 0 Å². The Labute approximate surface area is 208 Å². The van der Waals surface area contributed by atoms with E-state index in [-0.39, 0.29) is 5.91 Å². The zero-order valence-electron chi connectivity index (χ0n) is 21.1. The van der Waals surface area contributed by atoms with Gasteiger partial charge in [-0.25, -0.2) is 4.98 Å². The molecule has 182 valence electrons. The number of carbonyl (C=O) groups excluding carboxylic acids is 1. The average molecular weight is 470 g/mol. The number of nitrogens with zero attached hydrogens (tertiary/aromatic N) is 5. The van der Waals surface area contributed by atoms with E-state index in [1.807, 2.05) is 42.2 Å². The Morgan fingerprint density at radius 3 is 2.46 bits per heavy atom. The largest absolute Gasteiger partial charge is 0.356 e. The smallest absolute Gasteiger partial charge is 0.254 e. The van der Waals surface area contributed by atoms with Crippen molar-refractivity contribution >= 4 is 17.7 Å². The van der Waals surface area contributed by atoms with Crippen LogP contribution >= 0.6 is 0 Å². The third-order valence-electron chi connectivity index (χ3n) is 7.38. The van der Waals surface area contributed by atoms with Crippen LogP contribution in [0, 0.1) is 12.8 Å². The summed E-state index contributed by atoms with van der Waals surface area (Å²) >= 11 is 0. The van der Waals surface area contributed by atoms with Gasteiger partial charge in [0.25, 0.3) is 5.91 Å². The lowest BCUT2D eigenvalue weighted by Crippen LogP contribution is -2.40. The van der Waals surface area contributed by atoms with Gasteiger partial charge in [0.15, 0.2) is 0 Å². The quantitative estimate of drug-likeness (QED) is 0.534. The predicted octanol–water partition coefficient (Wildman–Crippen LogP) is 4.86. The number of rotatable bonds is 5. The number of aryl methyl sites for hydroxylation is 1. The highest BCUT2D eigenvalue weighted by Crippen LogP contribution is 2.32. The number of hydrogen-bond donors (Lipinski definition) is 0. The molecule has 2 aromatic carbocycles. The monoisotopic (exact) mass is 469 g/mol. The van der Waals surface area contributed by atoms with E-state index in [4.69, 9.17) is 9.97 Å². The van der Waals surface area contributed by atoms with Crippen LogP contribution in [0.15, 0.2) is 54.6 Å². The number of carbonyl (C=O) groups is 1. The Balaban J connectivity index is 1.46. The van der Waals surface area contributed by atoms with Gasteiger partial charge in [-0.05, 0) is 42.9 Å². The number of fused-ring (bicyclic) bond motifs is 1. The van der Waals surface area contributed by atoms with Gasteiger partial charge in [-0.15, -0.1) is 0 Å². The summed E-state index contributed by atoms with van der Waals surface area (Å²) in [7, 11) is 2.06. The molecule has 0 unspecified atom stereocenters. The van der Waals surface area contributed by atoms with Crippen molar-refractivity contribution in [2.24, 2.45) is 5.92 Å². The molecule has 3 heterocycles. The molecule has 0 atom stereocenters. The van der Waals surface area contributed by atoms with Crippen LogP contribution in [-0.4, -0.2) is 47.5 Å². The van der Waals surface area contributed by atoms with Crippen LogP contribution in [0.4, 0.5) is 11.8 Å². The second-order valence-electron chi connectivity index (χ2n) is 10.1. The van der Waals surface area contributed by atoms with E-state index in [0.29, 0.717) is 13.1 Å². The van der Waals surface area contributed by atoms with Crippen LogP contribution in [0.3, 0.4) is 0 Å². The summed E-state index contributed by atoms with van der Waals surface area (Å²) < 4.78 is 0. The summed E-state index contributed by atoms with van der Waals surface area (Å²) in [5.74, 6) is 2.61. The first kappa shape index (κ1) is 23.3. The number of piperidine rings is 1. The summed E-state index contributed by atoms with van der Waals surface area (Å²) in [6.45, 7) is 8.32. The van der Waals surface area contributed by atoms with Crippen LogP contribution in [0.2, 0.25) is 0 Å². The minimum atomic E-state index is 0.0947. The highest BCUT2D eigenvalue weighted by atomic mass is 16.2. The maximum atomic E-state index is 13.4. The molecule has 0 saturated carbocycles. The van der Waals surface area contributed by atoms with Crippen LogP contribution in [-0.2, 0) is 19.5 Å². The fourth-order valence-electron chi connectivity index (χ4n) is 5.12. The lowest BCUT2D eigenvalue weighted by molar-refractivity contribution is 0.0733. The molecule has 1 amide bonds. The van der Waals surface area contributed by atoms with E-state index in [0.717, 1.165) is 66.1 Å². The average Bonchev–Trinajstić information content (AvgIpc) is 2.89. The van der Waals surface area contributed by atoms with Gasteiger partial charge in [-0.2, -0.15) is 4.98 Å². The molecule has 0 aliphatic carbocycles. The highest BCUT2D eigenvalue weighted by molar-refractivity contribution is 5.95. The van der Waals surface area contributed by atoms with Crippen LogP contribution in [0.25, 0.3) is 0 Å². The van der Waals surface area contributed by atoms with Gasteiger partial charge >= 0.3 is 0 Å². The summed E-state index contributed by atoms with van der Waals surface area (Å²) in [5.41, 5.74) is 5.23. The normalized spacial score (nSPS) is 16.2. The second-order valence-corrected chi connectivity index (χ2v) is 10.1. The molecule has 2 aliphatic rings. The molecule has 6 nitrogen and oxygen atoms in total. The molecule has 35 heavy (non-hydrogen) atoms. The third-order valence-corrected chi connectivity index (χ3v) is 7.38. The zero-order valence-corrected chi connectivity index (χ0v) is 21.1. The van der Waals surface area contributed by atoms with Crippen molar-refractivity contribution in [3.05, 3.63) is 82.5 Å². The summed E-state index contributed by atoms with van der Waals surface area (Å²) in [6, 6.07) is 18.3. The van der Waals surface area contributed by atoms with Crippen molar-refractivity contribution in [3.8, 4) is 0 Å². The van der Waals surface area contributed by atoms with E-state index in [2.05, 4.69) is 48.0 Å². The van der Waals surface area contributed by atoms with Gasteiger partial charge in [0.2, 0.25) is 5.95 Å². The van der Waals surface area contributed by atoms with Crippen LogP contribution in [0.5, 0.6) is 0 Å². The topological polar surface area (TPSA) is 52.6 Å². The second kappa shape index (κ2) is 10.1. The Kier molecular flexibility index (Phi) is 6.71. The van der Waals surface area contributed by atoms with Gasteiger partial charge in [-0.3, -0.25) is 4.79 Å². The molecule has 0 bridgehead atoms. The zero-order chi connectivity index (χ0) is 24.4. The molecular weight excluding hydrogens is 434 g/mol. The molecule has 0 spiro atoms. The third kappa shape index (κ3) is 5.02. The molecule has 1 aromatic heterocycles. The van der Waals surface area contributed by atoms with Gasteiger partial charge in [0, 0.05) is 50.8 Å². The van der Waals surface area contributed by atoms with Crippen molar-refractivity contribution in [1.29, 1.82) is 0 Å². The molecule has 3 aromatic rings. The lowest BCUT2D eigenvalue weighted by Gasteiger charge is -2.36. The van der Waals surface area contributed by atoms with Crippen LogP contribution in [0.1, 0.15) is 52.5 Å². The highest BCUT2D eigenvalue weighted by Gasteiger charge is 2.30. The summed E-state index contributed by atoms with van der Waals surface area (Å²) in [5, 5.41) is 0. The molecule has 0 N–H and O–H groups in total. The number of hydrogen-bond acceptors (Lipinski definition) is 5. The van der Waals surface area contributed by atoms with Gasteiger partial charge in [-0.1, -0.05) is 55.5 Å². The minimum absolute atomic E-state index is 0.0947.